The van der Waals surface area contributed by atoms with Gasteiger partial charge in [0.05, 0.1) is 11.4 Å². The minimum absolute atomic E-state index is 0.597. The third kappa shape index (κ3) is 6.07. The summed E-state index contributed by atoms with van der Waals surface area (Å²) in [7, 11) is 0. The minimum Gasteiger partial charge on any atom is -0.309 e. The quantitative estimate of drug-likeness (QED) is 0.149. The zero-order valence-electron chi connectivity index (χ0n) is 31.0. The zero-order chi connectivity index (χ0) is 36.6. The van der Waals surface area contributed by atoms with E-state index < -0.39 is 0 Å². The molecule has 0 aromatic heterocycles. The lowest BCUT2D eigenvalue weighted by atomic mass is 9.80. The Labute approximate surface area is 324 Å². The average Bonchev–Trinajstić information content (AvgIpc) is 3.27. The molecule has 0 aliphatic heterocycles. The van der Waals surface area contributed by atoms with Crippen molar-refractivity contribution in [3.63, 3.8) is 0 Å². The molecule has 0 N–H and O–H groups in total. The van der Waals surface area contributed by atoms with E-state index in [1.54, 1.807) is 0 Å². The smallest absolute Gasteiger partial charge is 0.0540 e. The maximum absolute atomic E-state index is 2.49. The van der Waals surface area contributed by atoms with E-state index in [4.69, 9.17) is 0 Å². The summed E-state index contributed by atoms with van der Waals surface area (Å²) in [4.78, 5) is 2.49. The fraction of sp³-hybridized carbons (Fsp3) is 0.111. The molecule has 1 fully saturated rings. The van der Waals surface area contributed by atoms with Gasteiger partial charge in [-0.1, -0.05) is 189 Å². The molecule has 1 aliphatic carbocycles. The first-order valence-electron chi connectivity index (χ1n) is 19.9. The van der Waals surface area contributed by atoms with Crippen LogP contribution in [0.4, 0.5) is 17.1 Å². The van der Waals surface area contributed by atoms with Crippen molar-refractivity contribution in [3.05, 3.63) is 200 Å². The third-order valence-electron chi connectivity index (χ3n) is 11.9. The zero-order valence-corrected chi connectivity index (χ0v) is 31.0. The molecule has 1 heteroatoms. The van der Waals surface area contributed by atoms with E-state index in [0.29, 0.717) is 5.92 Å². The highest BCUT2D eigenvalue weighted by molar-refractivity contribution is 6.12. The highest BCUT2D eigenvalue weighted by Gasteiger charge is 2.24. The predicted octanol–water partition coefficient (Wildman–Crippen LogP) is 15.7. The highest BCUT2D eigenvalue weighted by atomic mass is 15.1. The molecule has 0 heterocycles. The molecule has 1 aliphatic rings. The van der Waals surface area contributed by atoms with E-state index in [1.807, 2.05) is 0 Å². The molecule has 1 saturated carbocycles. The van der Waals surface area contributed by atoms with Crippen molar-refractivity contribution >= 4 is 49.4 Å². The molecule has 0 bridgehead atoms. The molecular formula is C54H43N. The van der Waals surface area contributed by atoms with Crippen LogP contribution in [0.1, 0.15) is 43.6 Å². The van der Waals surface area contributed by atoms with E-state index >= 15 is 0 Å². The van der Waals surface area contributed by atoms with Gasteiger partial charge in [-0.25, -0.2) is 0 Å². The van der Waals surface area contributed by atoms with Crippen LogP contribution in [0.5, 0.6) is 0 Å². The largest absolute Gasteiger partial charge is 0.309 e. The summed E-state index contributed by atoms with van der Waals surface area (Å²) in [5.74, 6) is 0.597. The van der Waals surface area contributed by atoms with Gasteiger partial charge in [0, 0.05) is 16.8 Å². The van der Waals surface area contributed by atoms with Crippen LogP contribution in [0.3, 0.4) is 0 Å². The first-order chi connectivity index (χ1) is 27.3. The molecule has 0 saturated heterocycles. The van der Waals surface area contributed by atoms with Crippen LogP contribution in [-0.2, 0) is 0 Å². The molecule has 9 aromatic rings. The van der Waals surface area contributed by atoms with Crippen molar-refractivity contribution in [2.75, 3.05) is 4.90 Å². The van der Waals surface area contributed by atoms with E-state index in [-0.39, 0.29) is 0 Å². The topological polar surface area (TPSA) is 3.24 Å². The molecular weight excluding hydrogens is 663 g/mol. The lowest BCUT2D eigenvalue weighted by Gasteiger charge is -2.31. The summed E-state index contributed by atoms with van der Waals surface area (Å²) in [5, 5.41) is 7.84. The van der Waals surface area contributed by atoms with E-state index in [2.05, 4.69) is 199 Å². The summed E-state index contributed by atoms with van der Waals surface area (Å²) in [6.07, 6.45) is 6.52. The first kappa shape index (κ1) is 33.2. The van der Waals surface area contributed by atoms with E-state index in [9.17, 15) is 0 Å². The number of hydrogen-bond donors (Lipinski definition) is 0. The number of para-hydroxylation sites is 2. The van der Waals surface area contributed by atoms with Gasteiger partial charge in [-0.15, -0.1) is 0 Å². The Bertz CT molecular complexity index is 2790. The lowest BCUT2D eigenvalue weighted by molar-refractivity contribution is 0.445. The molecule has 0 unspecified atom stereocenters. The Morgan fingerprint density at radius 2 is 0.927 bits per heavy atom. The van der Waals surface area contributed by atoms with Gasteiger partial charge in [-0.05, 0) is 103 Å². The van der Waals surface area contributed by atoms with Gasteiger partial charge in [0.1, 0.15) is 0 Å². The predicted molar refractivity (Wildman–Crippen MR) is 236 cm³/mol. The highest BCUT2D eigenvalue weighted by Crippen LogP contribution is 2.48. The molecule has 0 spiro atoms. The van der Waals surface area contributed by atoms with Crippen LogP contribution in [0.2, 0.25) is 0 Å². The second kappa shape index (κ2) is 14.4. The van der Waals surface area contributed by atoms with Gasteiger partial charge in [-0.2, -0.15) is 0 Å². The molecule has 1 nitrogen and oxygen atoms in total. The molecule has 55 heavy (non-hydrogen) atoms. The normalized spacial score (nSPS) is 13.4. The number of nitrogens with zero attached hydrogens (tertiary/aromatic N) is 1. The number of benzene rings is 9. The van der Waals surface area contributed by atoms with Crippen LogP contribution in [0, 0.1) is 0 Å². The maximum Gasteiger partial charge on any atom is 0.0540 e. The van der Waals surface area contributed by atoms with Crippen molar-refractivity contribution in [2.45, 2.75) is 38.0 Å². The summed E-state index contributed by atoms with van der Waals surface area (Å²) in [5.41, 5.74) is 12.3. The third-order valence-corrected chi connectivity index (χ3v) is 11.9. The van der Waals surface area contributed by atoms with Crippen molar-refractivity contribution in [1.82, 2.24) is 0 Å². The summed E-state index contributed by atoms with van der Waals surface area (Å²) in [6.45, 7) is 0. The van der Waals surface area contributed by atoms with Crippen LogP contribution < -0.4 is 4.90 Å². The van der Waals surface area contributed by atoms with Gasteiger partial charge in [0.2, 0.25) is 0 Å². The number of hydrogen-bond acceptors (Lipinski definition) is 1. The summed E-state index contributed by atoms with van der Waals surface area (Å²) in [6, 6.07) is 71.7. The van der Waals surface area contributed by atoms with E-state index in [1.165, 1.54) is 109 Å². The van der Waals surface area contributed by atoms with Gasteiger partial charge in [0.15, 0.2) is 0 Å². The number of rotatable bonds is 7. The monoisotopic (exact) mass is 705 g/mol. The standard InChI is InChI=1S/C54H43N/c1-3-16-38(17-4-1)46-24-9-11-30-52(46)55(43-35-32-41(33-36-43)45-26-15-28-48-44-23-8-7-20-40(44)34-37-49(45)48)53-31-12-10-25-50(53)51-29-14-22-42-21-13-27-47(54(42)51)39-18-5-2-6-19-39/h1,3-4,7-17,20-37,39H,2,5-6,18-19H2. The van der Waals surface area contributed by atoms with E-state index in [0.717, 1.165) is 11.4 Å². The van der Waals surface area contributed by atoms with Crippen molar-refractivity contribution in [1.29, 1.82) is 0 Å². The number of fused-ring (bicyclic) bond motifs is 4. The molecule has 0 radical (unpaired) electrons. The first-order valence-corrected chi connectivity index (χ1v) is 19.9. The maximum atomic E-state index is 2.49. The molecule has 0 atom stereocenters. The Balaban J connectivity index is 1.17. The summed E-state index contributed by atoms with van der Waals surface area (Å²) >= 11 is 0. The fourth-order valence-electron chi connectivity index (χ4n) is 9.27. The van der Waals surface area contributed by atoms with Gasteiger partial charge in [0.25, 0.3) is 0 Å². The lowest BCUT2D eigenvalue weighted by Crippen LogP contribution is -2.12. The van der Waals surface area contributed by atoms with Crippen molar-refractivity contribution < 1.29 is 0 Å². The molecule has 264 valence electrons. The van der Waals surface area contributed by atoms with Crippen LogP contribution in [0.15, 0.2) is 194 Å². The van der Waals surface area contributed by atoms with Gasteiger partial charge in [-0.3, -0.25) is 0 Å². The Morgan fingerprint density at radius 1 is 0.345 bits per heavy atom. The fourth-order valence-corrected chi connectivity index (χ4v) is 9.27. The van der Waals surface area contributed by atoms with Gasteiger partial charge >= 0.3 is 0 Å². The SMILES string of the molecule is c1ccc(-c2ccccc2N(c2ccc(-c3cccc4c3ccc3ccccc34)cc2)c2ccccc2-c2cccc3cccc(C4CCCCC4)c23)cc1. The van der Waals surface area contributed by atoms with Crippen LogP contribution in [0.25, 0.3) is 65.7 Å². The van der Waals surface area contributed by atoms with Crippen LogP contribution >= 0.6 is 0 Å². The van der Waals surface area contributed by atoms with Crippen molar-refractivity contribution in [3.8, 4) is 33.4 Å². The second-order valence-electron chi connectivity index (χ2n) is 15.1. The second-order valence-corrected chi connectivity index (χ2v) is 15.1. The Kier molecular flexibility index (Phi) is 8.69. The number of anilines is 3. The van der Waals surface area contributed by atoms with Crippen molar-refractivity contribution in [2.24, 2.45) is 0 Å². The average molecular weight is 706 g/mol. The molecule has 10 rings (SSSR count). The Morgan fingerprint density at radius 3 is 1.75 bits per heavy atom. The molecule has 0 amide bonds. The minimum atomic E-state index is 0.597. The summed E-state index contributed by atoms with van der Waals surface area (Å²) < 4.78 is 0. The molecule has 9 aromatic carbocycles. The Hall–Kier alpha value is -6.44. The van der Waals surface area contributed by atoms with Gasteiger partial charge < -0.3 is 4.90 Å². The van der Waals surface area contributed by atoms with Crippen LogP contribution in [-0.4, -0.2) is 0 Å².